The van der Waals surface area contributed by atoms with Gasteiger partial charge in [-0.15, -0.1) is 0 Å². The smallest absolute Gasteiger partial charge is 0.225 e. The zero-order valence-corrected chi connectivity index (χ0v) is 16.3. The van der Waals surface area contributed by atoms with Gasteiger partial charge in [0.2, 0.25) is 11.8 Å². The molecule has 1 saturated heterocycles. The number of pyridine rings is 1. The first-order valence-electron chi connectivity index (χ1n) is 10.5. The first-order chi connectivity index (χ1) is 14.2. The topological polar surface area (TPSA) is 83.1 Å². The Morgan fingerprint density at radius 2 is 1.41 bits per heavy atom. The summed E-state index contributed by atoms with van der Waals surface area (Å²) in [5, 5.41) is 9.54. The SMILES string of the molecule is O=C(N[C@H]1C[C@@H]1c1ccccc1)[C@@H]1CNC[C@H]1C(=O)N[C@H]1C[C@@H]1c1cccnc1. The van der Waals surface area contributed by atoms with E-state index in [1.807, 2.05) is 30.5 Å². The monoisotopic (exact) mass is 390 g/mol. The Labute approximate surface area is 170 Å². The van der Waals surface area contributed by atoms with Crippen LogP contribution in [0.5, 0.6) is 0 Å². The fourth-order valence-electron chi connectivity index (χ4n) is 4.55. The van der Waals surface area contributed by atoms with Crippen molar-refractivity contribution in [1.29, 1.82) is 0 Å². The normalized spacial score (nSPS) is 32.4. The number of rotatable bonds is 6. The molecule has 0 radical (unpaired) electrons. The molecule has 6 nitrogen and oxygen atoms in total. The molecule has 0 spiro atoms. The number of carbonyl (C=O) groups excluding carboxylic acids is 2. The van der Waals surface area contributed by atoms with Gasteiger partial charge in [-0.2, -0.15) is 0 Å². The molecule has 2 heterocycles. The molecule has 6 heteroatoms. The van der Waals surface area contributed by atoms with Crippen molar-refractivity contribution in [2.75, 3.05) is 13.1 Å². The van der Waals surface area contributed by atoms with Gasteiger partial charge in [-0.05, 0) is 30.0 Å². The molecule has 2 aliphatic carbocycles. The number of carbonyl (C=O) groups is 2. The van der Waals surface area contributed by atoms with Crippen LogP contribution in [0.15, 0.2) is 54.9 Å². The molecular weight excluding hydrogens is 364 g/mol. The third-order valence-electron chi connectivity index (χ3n) is 6.46. The summed E-state index contributed by atoms with van der Waals surface area (Å²) in [7, 11) is 0. The van der Waals surface area contributed by atoms with Gasteiger partial charge in [0.1, 0.15) is 0 Å². The Morgan fingerprint density at radius 1 is 0.828 bits per heavy atom. The molecule has 1 aromatic carbocycles. The first-order valence-corrected chi connectivity index (χ1v) is 10.5. The average molecular weight is 390 g/mol. The van der Waals surface area contributed by atoms with E-state index in [9.17, 15) is 9.59 Å². The lowest BCUT2D eigenvalue weighted by atomic mass is 9.94. The molecule has 2 saturated carbocycles. The van der Waals surface area contributed by atoms with E-state index in [1.54, 1.807) is 6.20 Å². The van der Waals surface area contributed by atoms with Crippen molar-refractivity contribution >= 4 is 11.8 Å². The van der Waals surface area contributed by atoms with Crippen LogP contribution in [0.3, 0.4) is 0 Å². The number of nitrogens with one attached hydrogen (secondary N) is 3. The summed E-state index contributed by atoms with van der Waals surface area (Å²) in [6.07, 6.45) is 5.54. The highest BCUT2D eigenvalue weighted by atomic mass is 16.2. The van der Waals surface area contributed by atoms with Crippen LogP contribution in [-0.4, -0.2) is 42.0 Å². The maximum Gasteiger partial charge on any atom is 0.225 e. The average Bonchev–Trinajstić information content (AvgIpc) is 3.65. The van der Waals surface area contributed by atoms with E-state index in [0.29, 0.717) is 24.9 Å². The minimum Gasteiger partial charge on any atom is -0.352 e. The Morgan fingerprint density at radius 3 is 2.00 bits per heavy atom. The van der Waals surface area contributed by atoms with Crippen molar-refractivity contribution in [3.05, 3.63) is 66.0 Å². The van der Waals surface area contributed by atoms with E-state index < -0.39 is 0 Å². The fourth-order valence-corrected chi connectivity index (χ4v) is 4.55. The zero-order chi connectivity index (χ0) is 19.8. The van der Waals surface area contributed by atoms with Gasteiger partial charge in [0, 0.05) is 49.4 Å². The lowest BCUT2D eigenvalue weighted by Gasteiger charge is -2.18. The van der Waals surface area contributed by atoms with Crippen molar-refractivity contribution in [3.8, 4) is 0 Å². The summed E-state index contributed by atoms with van der Waals surface area (Å²) in [5.74, 6) is 0.114. The largest absolute Gasteiger partial charge is 0.352 e. The molecule has 0 bridgehead atoms. The van der Waals surface area contributed by atoms with Crippen molar-refractivity contribution in [1.82, 2.24) is 20.9 Å². The molecule has 1 aromatic heterocycles. The number of hydrogen-bond donors (Lipinski definition) is 3. The minimum absolute atomic E-state index is 0.00168. The number of benzene rings is 1. The maximum atomic E-state index is 12.8. The summed E-state index contributed by atoms with van der Waals surface area (Å²) in [6, 6.07) is 14.6. The molecule has 29 heavy (non-hydrogen) atoms. The van der Waals surface area contributed by atoms with Crippen LogP contribution in [0, 0.1) is 11.8 Å². The molecule has 2 aromatic rings. The van der Waals surface area contributed by atoms with E-state index in [0.717, 1.165) is 18.4 Å². The van der Waals surface area contributed by atoms with Gasteiger partial charge in [-0.25, -0.2) is 0 Å². The van der Waals surface area contributed by atoms with Crippen LogP contribution in [0.25, 0.3) is 0 Å². The van der Waals surface area contributed by atoms with Gasteiger partial charge in [0.15, 0.2) is 0 Å². The summed E-state index contributed by atoms with van der Waals surface area (Å²) in [4.78, 5) is 29.8. The summed E-state index contributed by atoms with van der Waals surface area (Å²) < 4.78 is 0. The van der Waals surface area contributed by atoms with Crippen LogP contribution >= 0.6 is 0 Å². The van der Waals surface area contributed by atoms with Crippen LogP contribution < -0.4 is 16.0 Å². The molecule has 2 amide bonds. The predicted octanol–water partition coefficient (Wildman–Crippen LogP) is 1.56. The quantitative estimate of drug-likeness (QED) is 0.699. The lowest BCUT2D eigenvalue weighted by molar-refractivity contribution is -0.133. The van der Waals surface area contributed by atoms with Crippen LogP contribution in [0.2, 0.25) is 0 Å². The van der Waals surface area contributed by atoms with E-state index in [4.69, 9.17) is 0 Å². The van der Waals surface area contributed by atoms with Crippen LogP contribution in [0.1, 0.15) is 35.8 Å². The number of hydrogen-bond acceptors (Lipinski definition) is 4. The van der Waals surface area contributed by atoms with Crippen molar-refractivity contribution in [3.63, 3.8) is 0 Å². The van der Waals surface area contributed by atoms with Crippen molar-refractivity contribution in [2.45, 2.75) is 36.8 Å². The highest BCUT2D eigenvalue weighted by Gasteiger charge is 2.46. The Kier molecular flexibility index (Phi) is 4.79. The highest BCUT2D eigenvalue weighted by Crippen LogP contribution is 2.42. The van der Waals surface area contributed by atoms with E-state index >= 15 is 0 Å². The fraction of sp³-hybridized carbons (Fsp3) is 0.435. The zero-order valence-electron chi connectivity index (χ0n) is 16.3. The second kappa shape index (κ2) is 7.59. The van der Waals surface area contributed by atoms with E-state index in [-0.39, 0.29) is 35.7 Å². The molecule has 3 fully saturated rings. The maximum absolute atomic E-state index is 12.8. The summed E-state index contributed by atoms with van der Waals surface area (Å²) in [6.45, 7) is 1.12. The van der Waals surface area contributed by atoms with Gasteiger partial charge in [0.05, 0.1) is 11.8 Å². The third kappa shape index (κ3) is 3.90. The van der Waals surface area contributed by atoms with Crippen LogP contribution in [0.4, 0.5) is 0 Å². The molecule has 3 aliphatic rings. The first kappa shape index (κ1) is 18.3. The van der Waals surface area contributed by atoms with Gasteiger partial charge in [-0.3, -0.25) is 14.6 Å². The Hall–Kier alpha value is -2.73. The molecule has 1 aliphatic heterocycles. The summed E-state index contributed by atoms with van der Waals surface area (Å²) >= 11 is 0. The van der Waals surface area contributed by atoms with Crippen molar-refractivity contribution < 1.29 is 9.59 Å². The summed E-state index contributed by atoms with van der Waals surface area (Å²) in [5.41, 5.74) is 2.43. The molecule has 6 atom stereocenters. The second-order valence-corrected chi connectivity index (χ2v) is 8.48. The number of amides is 2. The van der Waals surface area contributed by atoms with Crippen LogP contribution in [-0.2, 0) is 9.59 Å². The number of nitrogens with zero attached hydrogens (tertiary/aromatic N) is 1. The van der Waals surface area contributed by atoms with E-state index in [1.165, 1.54) is 5.56 Å². The standard InChI is InChI=1S/C23H26N4O2/c28-22(26-20-9-16(20)14-5-2-1-3-6-14)18-12-25-13-19(18)23(29)27-21-10-17(21)15-7-4-8-24-11-15/h1-8,11,16-21,25H,9-10,12-13H2,(H,26,28)(H,27,29)/t16-,17-,18-,19-,20+,21+/m1/s1. The molecule has 150 valence electrons. The van der Waals surface area contributed by atoms with Crippen molar-refractivity contribution in [2.24, 2.45) is 11.8 Å². The van der Waals surface area contributed by atoms with Gasteiger partial charge < -0.3 is 16.0 Å². The molecular formula is C23H26N4O2. The lowest BCUT2D eigenvalue weighted by Crippen LogP contribution is -2.43. The third-order valence-corrected chi connectivity index (χ3v) is 6.46. The Bertz CT molecular complexity index is 815. The van der Waals surface area contributed by atoms with Gasteiger partial charge >= 0.3 is 0 Å². The van der Waals surface area contributed by atoms with Gasteiger partial charge in [0.25, 0.3) is 0 Å². The van der Waals surface area contributed by atoms with E-state index in [2.05, 4.69) is 39.1 Å². The second-order valence-electron chi connectivity index (χ2n) is 8.48. The molecule has 5 rings (SSSR count). The predicted molar refractivity (Wildman–Crippen MR) is 109 cm³/mol. The molecule has 3 N–H and O–H groups in total. The Balaban J connectivity index is 1.14. The molecule has 0 unspecified atom stereocenters. The van der Waals surface area contributed by atoms with Gasteiger partial charge in [-0.1, -0.05) is 36.4 Å². The number of aromatic nitrogens is 1. The minimum atomic E-state index is -0.306. The highest BCUT2D eigenvalue weighted by molar-refractivity contribution is 5.89.